The second kappa shape index (κ2) is 18.6. The summed E-state index contributed by atoms with van der Waals surface area (Å²) >= 11 is 1.95. The summed E-state index contributed by atoms with van der Waals surface area (Å²) < 4.78 is 26.6. The third-order valence-corrected chi connectivity index (χ3v) is 8.47. The summed E-state index contributed by atoms with van der Waals surface area (Å²) in [4.78, 5) is 10.9. The number of rotatable bonds is 14. The number of hydrogen-bond donors (Lipinski definition) is 0. The van der Waals surface area contributed by atoms with Gasteiger partial charge in [-0.1, -0.05) is 12.6 Å². The predicted octanol–water partition coefficient (Wildman–Crippen LogP) is 2.93. The topological polar surface area (TPSA) is 63.2 Å². The maximum absolute atomic E-state index is 10.9. The highest BCUT2D eigenvalue weighted by Gasteiger charge is 2.44. The van der Waals surface area contributed by atoms with Gasteiger partial charge in [-0.25, -0.2) is 4.79 Å². The van der Waals surface area contributed by atoms with Gasteiger partial charge in [-0.05, 0) is 47.3 Å². The molecule has 0 aliphatic rings. The van der Waals surface area contributed by atoms with Crippen LogP contribution in [0.3, 0.4) is 0 Å². The van der Waals surface area contributed by atoms with Crippen molar-refractivity contribution in [2.24, 2.45) is 0 Å². The predicted molar refractivity (Wildman–Crippen MR) is 110 cm³/mol. The van der Waals surface area contributed by atoms with Gasteiger partial charge in [0.15, 0.2) is 0 Å². The Balaban J connectivity index is 0. The van der Waals surface area contributed by atoms with Gasteiger partial charge in [0.1, 0.15) is 0 Å². The van der Waals surface area contributed by atoms with E-state index in [1.165, 1.54) is 6.04 Å². The molecule has 0 heterocycles. The Labute approximate surface area is 160 Å². The number of esters is 1. The van der Waals surface area contributed by atoms with Gasteiger partial charge in [-0.3, -0.25) is 0 Å². The average Bonchev–Trinajstić information content (AvgIpc) is 2.56. The highest BCUT2D eigenvalue weighted by atomic mass is 32.4. The van der Waals surface area contributed by atoms with Crippen molar-refractivity contribution >= 4 is 34.9 Å². The van der Waals surface area contributed by atoms with Gasteiger partial charge >= 0.3 is 15.0 Å². The third kappa shape index (κ3) is 15.8. The van der Waals surface area contributed by atoms with Crippen molar-refractivity contribution in [3.63, 3.8) is 0 Å². The standard InChI is InChI=1S/C8H20O4Si.C8H16O2SSi/c1-5-9-13(10-6-2,11-7-3)12-8-4;1-7(2)8(9)10-5-4-6-12-11-3/h5-8H2,1-4H3;1,4-6,12H2,2-3H3. The van der Waals surface area contributed by atoms with E-state index < -0.39 is 9.05 Å². The average molecular weight is 413 g/mol. The minimum atomic E-state index is -2.80. The molecule has 0 aromatic heterocycles. The zero-order valence-electron chi connectivity index (χ0n) is 16.7. The van der Waals surface area contributed by atoms with Crippen LogP contribution in [0.2, 0.25) is 6.04 Å². The van der Waals surface area contributed by atoms with Crippen LogP contribution < -0.4 is 0 Å². The first-order valence-corrected chi connectivity index (χ1v) is 14.6. The van der Waals surface area contributed by atoms with Crippen molar-refractivity contribution in [1.82, 2.24) is 0 Å². The zero-order valence-corrected chi connectivity index (χ0v) is 20.0. The van der Waals surface area contributed by atoms with E-state index in [1.54, 1.807) is 6.92 Å². The van der Waals surface area contributed by atoms with Crippen LogP contribution in [0.1, 0.15) is 41.0 Å². The Morgan fingerprint density at radius 3 is 1.76 bits per heavy atom. The highest BCUT2D eigenvalue weighted by Crippen LogP contribution is 2.11. The first-order chi connectivity index (χ1) is 11.9. The Morgan fingerprint density at radius 2 is 1.44 bits per heavy atom. The molecule has 0 spiro atoms. The molecule has 0 atom stereocenters. The second-order valence-corrected chi connectivity index (χ2v) is 11.7. The fourth-order valence-corrected chi connectivity index (χ4v) is 5.68. The van der Waals surface area contributed by atoms with E-state index in [-0.39, 0.29) is 14.6 Å². The quantitative estimate of drug-likeness (QED) is 0.188. The first kappa shape index (κ1) is 27.1. The summed E-state index contributed by atoms with van der Waals surface area (Å²) in [5, 5.41) is 0. The molecule has 0 aliphatic carbocycles. The van der Waals surface area contributed by atoms with Crippen LogP contribution in [0, 0.1) is 0 Å². The van der Waals surface area contributed by atoms with Gasteiger partial charge in [0.25, 0.3) is 0 Å². The van der Waals surface area contributed by atoms with Gasteiger partial charge in [-0.15, -0.1) is 0 Å². The van der Waals surface area contributed by atoms with E-state index in [2.05, 4.69) is 12.8 Å². The zero-order chi connectivity index (χ0) is 19.6. The second-order valence-electron chi connectivity index (χ2n) is 4.85. The van der Waals surface area contributed by atoms with Gasteiger partial charge < -0.3 is 22.4 Å². The van der Waals surface area contributed by atoms with E-state index in [0.717, 1.165) is 6.42 Å². The highest BCUT2D eigenvalue weighted by molar-refractivity contribution is 8.21. The molecular weight excluding hydrogens is 376 g/mol. The fourth-order valence-electron chi connectivity index (χ4n) is 1.59. The van der Waals surface area contributed by atoms with E-state index in [4.69, 9.17) is 22.4 Å². The molecule has 0 saturated carbocycles. The lowest BCUT2D eigenvalue weighted by molar-refractivity contribution is -0.138. The van der Waals surface area contributed by atoms with Crippen LogP contribution in [0.25, 0.3) is 0 Å². The van der Waals surface area contributed by atoms with Crippen molar-refractivity contribution in [3.05, 3.63) is 12.2 Å². The van der Waals surface area contributed by atoms with Crippen LogP contribution in [-0.4, -0.2) is 63.0 Å². The van der Waals surface area contributed by atoms with Gasteiger partial charge in [-0.2, -0.15) is 11.2 Å². The SMILES string of the molecule is C=C(C)C(=O)OCCC[SiH2]SC.CCO[Si](OCC)(OCC)OCC. The minimum Gasteiger partial charge on any atom is -0.462 e. The normalized spacial score (nSPS) is 11.3. The summed E-state index contributed by atoms with van der Waals surface area (Å²) in [5.41, 5.74) is 0.483. The summed E-state index contributed by atoms with van der Waals surface area (Å²) in [7, 11) is -2.74. The molecule has 0 rings (SSSR count). The van der Waals surface area contributed by atoms with E-state index in [1.807, 2.05) is 38.9 Å². The lowest BCUT2D eigenvalue weighted by Crippen LogP contribution is -2.49. The van der Waals surface area contributed by atoms with Crippen LogP contribution in [0.15, 0.2) is 12.2 Å². The molecule has 0 bridgehead atoms. The summed E-state index contributed by atoms with van der Waals surface area (Å²) in [6, 6.07) is 1.24. The monoisotopic (exact) mass is 412 g/mol. The van der Waals surface area contributed by atoms with Crippen molar-refractivity contribution in [1.29, 1.82) is 0 Å². The molecule has 0 aliphatic heterocycles. The Bertz CT molecular complexity index is 315. The molecule has 0 N–H and O–H groups in total. The fraction of sp³-hybridized carbons (Fsp3) is 0.812. The molecule has 0 radical (unpaired) electrons. The van der Waals surface area contributed by atoms with Gasteiger partial charge in [0, 0.05) is 32.0 Å². The molecule has 0 aromatic carbocycles. The third-order valence-electron chi connectivity index (χ3n) is 2.61. The number of carbonyl (C=O) groups excluding carboxylic acids is 1. The molecule has 150 valence electrons. The minimum absolute atomic E-state index is 0.0604. The lowest BCUT2D eigenvalue weighted by atomic mass is 10.4. The van der Waals surface area contributed by atoms with E-state index in [9.17, 15) is 4.79 Å². The van der Waals surface area contributed by atoms with Crippen LogP contribution in [0.4, 0.5) is 0 Å². The summed E-state index contributed by atoms with van der Waals surface area (Å²) in [6.07, 6.45) is 3.14. The van der Waals surface area contributed by atoms with Crippen molar-refractivity contribution in [3.8, 4) is 0 Å². The first-order valence-electron chi connectivity index (χ1n) is 8.80. The largest absolute Gasteiger partial charge is 0.679 e. The molecule has 0 unspecified atom stereocenters. The van der Waals surface area contributed by atoms with Crippen LogP contribution >= 0.6 is 11.2 Å². The molecule has 6 nitrogen and oxygen atoms in total. The summed E-state index contributed by atoms with van der Waals surface area (Å²) in [5.74, 6) is -0.263. The molecule has 25 heavy (non-hydrogen) atoms. The van der Waals surface area contributed by atoms with E-state index >= 15 is 0 Å². The van der Waals surface area contributed by atoms with Gasteiger partial charge in [0.05, 0.1) is 15.3 Å². The van der Waals surface area contributed by atoms with Crippen LogP contribution in [0.5, 0.6) is 0 Å². The molecular formula is C16H36O6SSi2. The number of hydrogen-bond acceptors (Lipinski definition) is 7. The van der Waals surface area contributed by atoms with Crippen molar-refractivity contribution < 1.29 is 27.2 Å². The Hall–Kier alpha value is -0.166. The maximum Gasteiger partial charge on any atom is 0.679 e. The number of carbonyl (C=O) groups is 1. The van der Waals surface area contributed by atoms with E-state index in [0.29, 0.717) is 38.6 Å². The summed E-state index contributed by atoms with van der Waals surface area (Å²) in [6.45, 7) is 15.5. The smallest absolute Gasteiger partial charge is 0.462 e. The lowest BCUT2D eigenvalue weighted by Gasteiger charge is -2.26. The van der Waals surface area contributed by atoms with Crippen LogP contribution in [-0.2, 0) is 27.2 Å². The maximum atomic E-state index is 10.9. The molecule has 0 saturated heterocycles. The Morgan fingerprint density at radius 1 is 1.00 bits per heavy atom. The molecule has 9 heteroatoms. The van der Waals surface area contributed by atoms with Gasteiger partial charge in [0.2, 0.25) is 0 Å². The molecule has 0 fully saturated rings. The van der Waals surface area contributed by atoms with Crippen molar-refractivity contribution in [2.75, 3.05) is 39.3 Å². The number of ether oxygens (including phenoxy) is 1. The Kier molecular flexibility index (Phi) is 20.2. The van der Waals surface area contributed by atoms with Crippen molar-refractivity contribution in [2.45, 2.75) is 47.1 Å². The molecule has 0 aromatic rings. The molecule has 0 amide bonds.